The molecule has 1 rings (SSSR count). The summed E-state index contributed by atoms with van der Waals surface area (Å²) in [6, 6.07) is 0. The Kier molecular flexibility index (Phi) is 6.47. The van der Waals surface area contributed by atoms with Crippen molar-refractivity contribution < 1.29 is 22.8 Å². The minimum Gasteiger partial charge on any atom is -0.312 e. The minimum atomic E-state index is -3.43. The summed E-state index contributed by atoms with van der Waals surface area (Å²) >= 11 is 0. The van der Waals surface area contributed by atoms with Crippen molar-refractivity contribution in [1.29, 1.82) is 0 Å². The summed E-state index contributed by atoms with van der Waals surface area (Å²) in [6.45, 7) is 0. The maximum Gasteiger partial charge on any atom is 0.337 e. The first-order valence-corrected chi connectivity index (χ1v) is 8.11. The zero-order valence-electron chi connectivity index (χ0n) is 11.1. The minimum absolute atomic E-state index is 0.242. The molecule has 0 aliphatic heterocycles. The van der Waals surface area contributed by atoms with Gasteiger partial charge >= 0.3 is 7.60 Å². The SMILES string of the molecule is COP(=O)(CC(=O)C(F)CC1CCCCC1)OC. The summed E-state index contributed by atoms with van der Waals surface area (Å²) in [7, 11) is -1.03. The molecule has 1 saturated carbocycles. The lowest BCUT2D eigenvalue weighted by Gasteiger charge is -2.23. The number of alkyl halides is 1. The smallest absolute Gasteiger partial charge is 0.312 e. The molecule has 0 heterocycles. The highest BCUT2D eigenvalue weighted by molar-refractivity contribution is 7.54. The van der Waals surface area contributed by atoms with Gasteiger partial charge in [-0.15, -0.1) is 0 Å². The predicted octanol–water partition coefficient (Wildman–Crippen LogP) is 3.35. The van der Waals surface area contributed by atoms with E-state index in [-0.39, 0.29) is 12.3 Å². The van der Waals surface area contributed by atoms with Gasteiger partial charge in [-0.3, -0.25) is 9.36 Å². The molecule has 0 radical (unpaired) electrons. The van der Waals surface area contributed by atoms with Crippen LogP contribution in [0.1, 0.15) is 38.5 Å². The third-order valence-electron chi connectivity index (χ3n) is 3.52. The zero-order chi connectivity index (χ0) is 13.6. The second kappa shape index (κ2) is 7.37. The standard InChI is InChI=1S/C12H22FO4P/c1-16-18(15,17-2)9-12(14)11(13)8-10-6-4-3-5-7-10/h10-11H,3-9H2,1-2H3. The number of ketones is 1. The highest BCUT2D eigenvalue weighted by Crippen LogP contribution is 2.46. The molecule has 1 aliphatic carbocycles. The summed E-state index contributed by atoms with van der Waals surface area (Å²) in [4.78, 5) is 11.6. The number of halogens is 1. The van der Waals surface area contributed by atoms with Gasteiger partial charge in [0, 0.05) is 14.2 Å². The van der Waals surface area contributed by atoms with Crippen molar-refractivity contribution in [1.82, 2.24) is 0 Å². The lowest BCUT2D eigenvalue weighted by Crippen LogP contribution is -2.24. The third-order valence-corrected chi connectivity index (χ3v) is 5.33. The van der Waals surface area contributed by atoms with Crippen LogP contribution in [0.3, 0.4) is 0 Å². The molecular weight excluding hydrogens is 258 g/mol. The van der Waals surface area contributed by atoms with Crippen molar-refractivity contribution in [3.8, 4) is 0 Å². The first-order valence-electron chi connectivity index (χ1n) is 6.38. The normalized spacial score (nSPS) is 19.7. The van der Waals surface area contributed by atoms with Crippen LogP contribution in [-0.2, 0) is 18.4 Å². The van der Waals surface area contributed by atoms with Crippen LogP contribution < -0.4 is 0 Å². The first kappa shape index (κ1) is 15.8. The fraction of sp³-hybridized carbons (Fsp3) is 0.917. The lowest BCUT2D eigenvalue weighted by molar-refractivity contribution is -0.122. The Morgan fingerprint density at radius 3 is 2.33 bits per heavy atom. The Hall–Kier alpha value is -0.250. The number of Topliss-reactive ketones (excluding diaryl/α,β-unsaturated/α-hetero) is 1. The zero-order valence-corrected chi connectivity index (χ0v) is 12.0. The summed E-state index contributed by atoms with van der Waals surface area (Å²) in [6.07, 6.45) is 3.61. The van der Waals surface area contributed by atoms with Crippen molar-refractivity contribution in [2.24, 2.45) is 5.92 Å². The molecule has 0 N–H and O–H groups in total. The summed E-state index contributed by atoms with van der Waals surface area (Å²) in [5, 5.41) is 0. The van der Waals surface area contributed by atoms with E-state index in [0.717, 1.165) is 25.7 Å². The maximum absolute atomic E-state index is 13.8. The van der Waals surface area contributed by atoms with Gasteiger partial charge in [-0.1, -0.05) is 32.1 Å². The average molecular weight is 280 g/mol. The van der Waals surface area contributed by atoms with Crippen LogP contribution in [0, 0.1) is 5.92 Å². The van der Waals surface area contributed by atoms with E-state index in [0.29, 0.717) is 0 Å². The number of rotatable bonds is 7. The van der Waals surface area contributed by atoms with Crippen LogP contribution in [0.25, 0.3) is 0 Å². The molecule has 0 bridgehead atoms. The second-order valence-electron chi connectivity index (χ2n) is 4.81. The molecule has 1 aliphatic rings. The van der Waals surface area contributed by atoms with Gasteiger partial charge in [-0.05, 0) is 12.3 Å². The van der Waals surface area contributed by atoms with E-state index >= 15 is 0 Å². The Bertz CT molecular complexity index is 307. The highest BCUT2D eigenvalue weighted by atomic mass is 31.2. The molecule has 4 nitrogen and oxygen atoms in total. The molecule has 0 aromatic rings. The number of carbonyl (C=O) groups is 1. The molecule has 18 heavy (non-hydrogen) atoms. The number of hydrogen-bond donors (Lipinski definition) is 0. The largest absolute Gasteiger partial charge is 0.337 e. The second-order valence-corrected chi connectivity index (χ2v) is 7.08. The molecule has 0 spiro atoms. The van der Waals surface area contributed by atoms with Gasteiger partial charge < -0.3 is 9.05 Å². The molecule has 1 unspecified atom stereocenters. The Morgan fingerprint density at radius 1 is 1.28 bits per heavy atom. The quantitative estimate of drug-likeness (QED) is 0.671. The van der Waals surface area contributed by atoms with E-state index in [2.05, 4.69) is 9.05 Å². The van der Waals surface area contributed by atoms with Crippen LogP contribution >= 0.6 is 7.60 Å². The van der Waals surface area contributed by atoms with Crippen LogP contribution in [-0.4, -0.2) is 32.3 Å². The van der Waals surface area contributed by atoms with Crippen LogP contribution in [0.5, 0.6) is 0 Å². The van der Waals surface area contributed by atoms with Crippen LogP contribution in [0.4, 0.5) is 4.39 Å². The lowest BCUT2D eigenvalue weighted by atomic mass is 9.85. The summed E-state index contributed by atoms with van der Waals surface area (Å²) in [5.74, 6) is -0.394. The van der Waals surface area contributed by atoms with Crippen molar-refractivity contribution >= 4 is 13.4 Å². The van der Waals surface area contributed by atoms with Crippen molar-refractivity contribution in [3.63, 3.8) is 0 Å². The number of hydrogen-bond acceptors (Lipinski definition) is 4. The monoisotopic (exact) mass is 280 g/mol. The van der Waals surface area contributed by atoms with E-state index < -0.39 is 25.7 Å². The van der Waals surface area contributed by atoms with Crippen molar-refractivity contribution in [3.05, 3.63) is 0 Å². The topological polar surface area (TPSA) is 52.6 Å². The molecule has 0 amide bonds. The Labute approximate surface area is 108 Å². The van der Waals surface area contributed by atoms with E-state index in [9.17, 15) is 13.8 Å². The van der Waals surface area contributed by atoms with Gasteiger partial charge in [0.25, 0.3) is 0 Å². The molecule has 1 atom stereocenters. The summed E-state index contributed by atoms with van der Waals surface area (Å²) < 4.78 is 34.8. The van der Waals surface area contributed by atoms with Gasteiger partial charge in [0.05, 0.1) is 0 Å². The molecular formula is C12H22FO4P. The third kappa shape index (κ3) is 4.79. The van der Waals surface area contributed by atoms with E-state index in [1.165, 1.54) is 20.6 Å². The fourth-order valence-corrected chi connectivity index (χ4v) is 3.33. The van der Waals surface area contributed by atoms with Crippen LogP contribution in [0.15, 0.2) is 0 Å². The van der Waals surface area contributed by atoms with Gasteiger partial charge in [0.1, 0.15) is 6.16 Å². The Morgan fingerprint density at radius 2 is 1.83 bits per heavy atom. The van der Waals surface area contributed by atoms with Gasteiger partial charge in [0.15, 0.2) is 12.0 Å². The highest BCUT2D eigenvalue weighted by Gasteiger charge is 2.31. The molecule has 0 aromatic heterocycles. The fourth-order valence-electron chi connectivity index (χ4n) is 2.34. The molecule has 0 saturated heterocycles. The van der Waals surface area contributed by atoms with Crippen LogP contribution in [0.2, 0.25) is 0 Å². The number of carbonyl (C=O) groups excluding carboxylic acids is 1. The van der Waals surface area contributed by atoms with Gasteiger partial charge in [0.2, 0.25) is 0 Å². The first-order chi connectivity index (χ1) is 8.50. The summed E-state index contributed by atoms with van der Waals surface area (Å²) in [5.41, 5.74) is 0. The molecule has 106 valence electrons. The molecule has 1 fully saturated rings. The Balaban J connectivity index is 2.43. The van der Waals surface area contributed by atoms with Gasteiger partial charge in [-0.2, -0.15) is 0 Å². The maximum atomic E-state index is 13.8. The average Bonchev–Trinajstić information content (AvgIpc) is 2.39. The molecule has 0 aromatic carbocycles. The van der Waals surface area contributed by atoms with Gasteiger partial charge in [-0.25, -0.2) is 4.39 Å². The van der Waals surface area contributed by atoms with E-state index in [1.54, 1.807) is 0 Å². The predicted molar refractivity (Wildman–Crippen MR) is 67.6 cm³/mol. The van der Waals surface area contributed by atoms with E-state index in [1.807, 2.05) is 0 Å². The van der Waals surface area contributed by atoms with E-state index in [4.69, 9.17) is 0 Å². The van der Waals surface area contributed by atoms with Crippen molar-refractivity contribution in [2.45, 2.75) is 44.7 Å². The molecule has 6 heteroatoms. The van der Waals surface area contributed by atoms with Crippen molar-refractivity contribution in [2.75, 3.05) is 20.4 Å².